The Balaban J connectivity index is 1.69. The second-order valence-corrected chi connectivity index (χ2v) is 5.88. The molecule has 0 radical (unpaired) electrons. The molecule has 1 atom stereocenters. The molecule has 2 aromatic carbocycles. The van der Waals surface area contributed by atoms with Crippen LogP contribution >= 0.6 is 0 Å². The summed E-state index contributed by atoms with van der Waals surface area (Å²) < 4.78 is 10.6. The molecule has 1 aliphatic rings. The van der Waals surface area contributed by atoms with E-state index >= 15 is 0 Å². The SMILES string of the molecule is COc1ccc(C(O)CN2CCc3ccccc3C2)cc1OC. The third-order valence-electron chi connectivity index (χ3n) is 4.43. The maximum Gasteiger partial charge on any atom is 0.161 e. The number of nitrogens with zero attached hydrogens (tertiary/aromatic N) is 1. The maximum absolute atomic E-state index is 10.6. The van der Waals surface area contributed by atoms with Crippen LogP contribution in [0.2, 0.25) is 0 Å². The summed E-state index contributed by atoms with van der Waals surface area (Å²) in [6.07, 6.45) is 0.495. The van der Waals surface area contributed by atoms with Crippen molar-refractivity contribution >= 4 is 0 Å². The lowest BCUT2D eigenvalue weighted by Crippen LogP contribution is -2.33. The quantitative estimate of drug-likeness (QED) is 0.922. The third-order valence-corrected chi connectivity index (χ3v) is 4.43. The molecule has 0 saturated heterocycles. The minimum atomic E-state index is -0.542. The highest BCUT2D eigenvalue weighted by atomic mass is 16.5. The van der Waals surface area contributed by atoms with E-state index in [0.29, 0.717) is 18.0 Å². The molecule has 1 N–H and O–H groups in total. The Kier molecular flexibility index (Phi) is 4.84. The van der Waals surface area contributed by atoms with E-state index in [9.17, 15) is 5.11 Å². The van der Waals surface area contributed by atoms with E-state index in [-0.39, 0.29) is 0 Å². The molecular weight excluding hydrogens is 290 g/mol. The summed E-state index contributed by atoms with van der Waals surface area (Å²) in [7, 11) is 3.22. The van der Waals surface area contributed by atoms with Crippen molar-refractivity contribution in [3.05, 3.63) is 59.2 Å². The van der Waals surface area contributed by atoms with Gasteiger partial charge in [-0.25, -0.2) is 0 Å². The lowest BCUT2D eigenvalue weighted by molar-refractivity contribution is 0.106. The number of ether oxygens (including phenoxy) is 2. The van der Waals surface area contributed by atoms with Crippen LogP contribution in [-0.4, -0.2) is 37.3 Å². The number of hydrogen-bond acceptors (Lipinski definition) is 4. The molecule has 0 spiro atoms. The summed E-state index contributed by atoms with van der Waals surface area (Å²) in [5.74, 6) is 1.32. The summed E-state index contributed by atoms with van der Waals surface area (Å²) in [6, 6.07) is 14.1. The number of fused-ring (bicyclic) bond motifs is 1. The summed E-state index contributed by atoms with van der Waals surface area (Å²) >= 11 is 0. The lowest BCUT2D eigenvalue weighted by Gasteiger charge is -2.30. The van der Waals surface area contributed by atoms with Gasteiger partial charge in [-0.2, -0.15) is 0 Å². The van der Waals surface area contributed by atoms with Gasteiger partial charge in [-0.05, 0) is 35.2 Å². The number of benzene rings is 2. The Morgan fingerprint density at radius 3 is 2.52 bits per heavy atom. The van der Waals surface area contributed by atoms with Gasteiger partial charge in [0.05, 0.1) is 20.3 Å². The van der Waals surface area contributed by atoms with Crippen LogP contribution in [0.4, 0.5) is 0 Å². The molecular formula is C19H23NO3. The van der Waals surface area contributed by atoms with Crippen molar-refractivity contribution in [3.8, 4) is 11.5 Å². The molecule has 0 saturated carbocycles. The highest BCUT2D eigenvalue weighted by Gasteiger charge is 2.20. The summed E-state index contributed by atoms with van der Waals surface area (Å²) in [4.78, 5) is 2.30. The van der Waals surface area contributed by atoms with Crippen LogP contribution in [0.25, 0.3) is 0 Å². The Hall–Kier alpha value is -2.04. The fourth-order valence-corrected chi connectivity index (χ4v) is 3.12. The average Bonchev–Trinajstić information content (AvgIpc) is 2.60. The normalized spacial score (nSPS) is 15.8. The van der Waals surface area contributed by atoms with E-state index in [1.807, 2.05) is 18.2 Å². The average molecular weight is 313 g/mol. The van der Waals surface area contributed by atoms with E-state index in [4.69, 9.17) is 9.47 Å². The second kappa shape index (κ2) is 7.02. The van der Waals surface area contributed by atoms with Crippen molar-refractivity contribution in [2.45, 2.75) is 19.1 Å². The Bertz CT molecular complexity index is 671. The number of hydrogen-bond donors (Lipinski definition) is 1. The Morgan fingerprint density at radius 1 is 1.04 bits per heavy atom. The van der Waals surface area contributed by atoms with Gasteiger partial charge in [0.2, 0.25) is 0 Å². The number of β-amino-alcohol motifs (C(OH)–C–C–N with tert-alkyl or cyclic N) is 1. The maximum atomic E-state index is 10.6. The minimum absolute atomic E-state index is 0.542. The molecule has 0 amide bonds. The van der Waals surface area contributed by atoms with Crippen LogP contribution in [0.5, 0.6) is 11.5 Å². The fraction of sp³-hybridized carbons (Fsp3) is 0.368. The molecule has 0 aliphatic carbocycles. The molecule has 3 rings (SSSR count). The van der Waals surface area contributed by atoms with Gasteiger partial charge in [0, 0.05) is 19.6 Å². The summed E-state index contributed by atoms with van der Waals surface area (Å²) in [6.45, 7) is 2.48. The Labute approximate surface area is 137 Å². The molecule has 0 bridgehead atoms. The predicted octanol–water partition coefficient (Wildman–Crippen LogP) is 2.80. The van der Waals surface area contributed by atoms with E-state index < -0.39 is 6.10 Å². The molecule has 1 heterocycles. The zero-order chi connectivity index (χ0) is 16.2. The molecule has 2 aromatic rings. The van der Waals surface area contributed by atoms with Gasteiger partial charge in [0.25, 0.3) is 0 Å². The van der Waals surface area contributed by atoms with Crippen LogP contribution < -0.4 is 9.47 Å². The Morgan fingerprint density at radius 2 is 1.78 bits per heavy atom. The first-order valence-corrected chi connectivity index (χ1v) is 7.90. The van der Waals surface area contributed by atoms with E-state index in [2.05, 4.69) is 29.2 Å². The highest BCUT2D eigenvalue weighted by molar-refractivity contribution is 5.43. The first kappa shape index (κ1) is 15.8. The minimum Gasteiger partial charge on any atom is -0.493 e. The van der Waals surface area contributed by atoms with Crippen LogP contribution in [0, 0.1) is 0 Å². The predicted molar refractivity (Wildman–Crippen MR) is 89.9 cm³/mol. The van der Waals surface area contributed by atoms with Crippen molar-refractivity contribution in [1.82, 2.24) is 4.90 Å². The molecule has 0 aromatic heterocycles. The van der Waals surface area contributed by atoms with Gasteiger partial charge >= 0.3 is 0 Å². The first-order valence-electron chi connectivity index (χ1n) is 7.90. The van der Waals surface area contributed by atoms with Crippen LogP contribution in [0.15, 0.2) is 42.5 Å². The summed E-state index contributed by atoms with van der Waals surface area (Å²) in [5, 5.41) is 10.6. The zero-order valence-electron chi connectivity index (χ0n) is 13.7. The van der Waals surface area contributed by atoms with E-state index in [1.54, 1.807) is 14.2 Å². The highest BCUT2D eigenvalue weighted by Crippen LogP contribution is 2.30. The van der Waals surface area contributed by atoms with Gasteiger partial charge in [-0.15, -0.1) is 0 Å². The van der Waals surface area contributed by atoms with Gasteiger partial charge < -0.3 is 14.6 Å². The smallest absolute Gasteiger partial charge is 0.161 e. The standard InChI is InChI=1S/C19H23NO3/c1-22-18-8-7-15(11-19(18)23-2)17(21)13-20-10-9-14-5-3-4-6-16(14)12-20/h3-8,11,17,21H,9-10,12-13H2,1-2H3. The van der Waals surface area contributed by atoms with Crippen molar-refractivity contribution in [2.75, 3.05) is 27.3 Å². The molecule has 4 heteroatoms. The van der Waals surface area contributed by atoms with Gasteiger partial charge in [-0.3, -0.25) is 4.90 Å². The van der Waals surface area contributed by atoms with Crippen molar-refractivity contribution < 1.29 is 14.6 Å². The number of aliphatic hydroxyl groups is 1. The second-order valence-electron chi connectivity index (χ2n) is 5.88. The van der Waals surface area contributed by atoms with E-state index in [1.165, 1.54) is 11.1 Å². The van der Waals surface area contributed by atoms with Crippen LogP contribution in [-0.2, 0) is 13.0 Å². The molecule has 23 heavy (non-hydrogen) atoms. The van der Waals surface area contributed by atoms with E-state index in [0.717, 1.165) is 25.1 Å². The fourth-order valence-electron chi connectivity index (χ4n) is 3.12. The zero-order valence-corrected chi connectivity index (χ0v) is 13.7. The number of aliphatic hydroxyl groups excluding tert-OH is 1. The molecule has 122 valence electrons. The van der Waals surface area contributed by atoms with Gasteiger partial charge in [0.15, 0.2) is 11.5 Å². The molecule has 1 unspecified atom stereocenters. The molecule has 0 fully saturated rings. The molecule has 1 aliphatic heterocycles. The number of methoxy groups -OCH3 is 2. The van der Waals surface area contributed by atoms with Crippen LogP contribution in [0.3, 0.4) is 0 Å². The van der Waals surface area contributed by atoms with Crippen molar-refractivity contribution in [1.29, 1.82) is 0 Å². The van der Waals surface area contributed by atoms with Crippen molar-refractivity contribution in [3.63, 3.8) is 0 Å². The van der Waals surface area contributed by atoms with Gasteiger partial charge in [-0.1, -0.05) is 30.3 Å². The van der Waals surface area contributed by atoms with Crippen molar-refractivity contribution in [2.24, 2.45) is 0 Å². The van der Waals surface area contributed by atoms with Gasteiger partial charge in [0.1, 0.15) is 0 Å². The topological polar surface area (TPSA) is 41.9 Å². The molecule has 4 nitrogen and oxygen atoms in total. The first-order chi connectivity index (χ1) is 11.2. The monoisotopic (exact) mass is 313 g/mol. The third kappa shape index (κ3) is 3.49. The largest absolute Gasteiger partial charge is 0.493 e. The van der Waals surface area contributed by atoms with Crippen LogP contribution in [0.1, 0.15) is 22.8 Å². The lowest BCUT2D eigenvalue weighted by atomic mass is 9.99. The summed E-state index contributed by atoms with van der Waals surface area (Å²) in [5.41, 5.74) is 3.63. The number of rotatable bonds is 5.